The molecule has 3 atom stereocenters. The van der Waals surface area contributed by atoms with Crippen LogP contribution < -0.4 is 30.2 Å². The van der Waals surface area contributed by atoms with Gasteiger partial charge >= 0.3 is 24.1 Å². The fourth-order valence-corrected chi connectivity index (χ4v) is 5.96. The largest absolute Gasteiger partial charge is 0.497 e. The summed E-state index contributed by atoms with van der Waals surface area (Å²) >= 11 is 0. The standard InChI is InChI=1S/C47H57N3O12/c1-46(2,3)61-43(53)38(50-44(54)59-29-32-13-11-10-12-14-32)27-33-19-24-39(57-8)40(28-33)60-35-22-17-31(18-23-35)26-37(42(52)58-9)48-41(51)36(49-45(55)62-47(4,5)6)25-30-15-20-34(56-7)21-16-30/h10-24,28,36-38H,25-27,29H2,1-9H3,(H,48,51)(H,49,55)(H,50,54)/t36-,37-,38-/m0/s1. The number of carbonyl (C=O) groups excluding carboxylic acids is 5. The highest BCUT2D eigenvalue weighted by Crippen LogP contribution is 2.33. The monoisotopic (exact) mass is 855 g/mol. The third-order valence-electron chi connectivity index (χ3n) is 8.86. The molecule has 4 aromatic rings. The number of rotatable bonds is 18. The number of carbonyl (C=O) groups is 5. The van der Waals surface area contributed by atoms with Gasteiger partial charge in [-0.3, -0.25) is 4.79 Å². The molecule has 0 radical (unpaired) electrons. The van der Waals surface area contributed by atoms with Gasteiger partial charge in [-0.15, -0.1) is 0 Å². The van der Waals surface area contributed by atoms with Crippen molar-refractivity contribution in [2.45, 2.75) is 96.7 Å². The lowest BCUT2D eigenvalue weighted by Gasteiger charge is -2.25. The van der Waals surface area contributed by atoms with Gasteiger partial charge in [-0.2, -0.15) is 0 Å². The summed E-state index contributed by atoms with van der Waals surface area (Å²) in [4.78, 5) is 65.7. The Balaban J connectivity index is 1.48. The van der Waals surface area contributed by atoms with Crippen LogP contribution in [-0.4, -0.2) is 80.7 Å². The van der Waals surface area contributed by atoms with Gasteiger partial charge in [-0.05, 0) is 100 Å². The predicted molar refractivity (Wildman–Crippen MR) is 230 cm³/mol. The molecule has 0 aliphatic rings. The fourth-order valence-electron chi connectivity index (χ4n) is 5.96. The molecular formula is C47H57N3O12. The molecule has 0 aliphatic carbocycles. The van der Waals surface area contributed by atoms with Crippen LogP contribution in [0.1, 0.15) is 63.8 Å². The number of amides is 3. The minimum Gasteiger partial charge on any atom is -0.497 e. The Morgan fingerprint density at radius 1 is 0.516 bits per heavy atom. The molecule has 0 heterocycles. The number of hydrogen-bond donors (Lipinski definition) is 3. The molecule has 0 fully saturated rings. The molecule has 0 saturated carbocycles. The van der Waals surface area contributed by atoms with Gasteiger partial charge in [0.25, 0.3) is 0 Å². The van der Waals surface area contributed by atoms with E-state index in [4.69, 9.17) is 33.2 Å². The van der Waals surface area contributed by atoms with E-state index in [-0.39, 0.29) is 25.9 Å². The van der Waals surface area contributed by atoms with Gasteiger partial charge in [0.1, 0.15) is 47.4 Å². The SMILES string of the molecule is COC(=O)[C@H](Cc1ccc(Oc2cc(C[C@H](NC(=O)OCc3ccccc3)C(=O)OC(C)(C)C)ccc2OC)cc1)NC(=O)[C@H](Cc1ccc(OC)cc1)NC(=O)OC(C)(C)C. The lowest BCUT2D eigenvalue weighted by molar-refractivity contribution is -0.157. The van der Waals surface area contributed by atoms with Crippen molar-refractivity contribution in [1.29, 1.82) is 0 Å². The van der Waals surface area contributed by atoms with Gasteiger partial charge in [0.2, 0.25) is 5.91 Å². The molecule has 0 saturated heterocycles. The van der Waals surface area contributed by atoms with Crippen molar-refractivity contribution in [2.75, 3.05) is 21.3 Å². The topological polar surface area (TPSA) is 186 Å². The van der Waals surface area contributed by atoms with Gasteiger partial charge in [-0.25, -0.2) is 19.2 Å². The van der Waals surface area contributed by atoms with Crippen molar-refractivity contribution in [1.82, 2.24) is 16.0 Å². The van der Waals surface area contributed by atoms with Crippen LogP contribution in [0.3, 0.4) is 0 Å². The zero-order valence-electron chi connectivity index (χ0n) is 36.7. The Morgan fingerprint density at radius 2 is 1.05 bits per heavy atom. The highest BCUT2D eigenvalue weighted by Gasteiger charge is 2.30. The highest BCUT2D eigenvalue weighted by atomic mass is 16.6. The summed E-state index contributed by atoms with van der Waals surface area (Å²) in [7, 11) is 4.25. The Morgan fingerprint density at radius 3 is 1.61 bits per heavy atom. The first kappa shape index (κ1) is 47.9. The second kappa shape index (κ2) is 22.2. The molecular weight excluding hydrogens is 799 g/mol. The average molecular weight is 856 g/mol. The lowest BCUT2D eigenvalue weighted by atomic mass is 10.0. The fraction of sp³-hybridized carbons (Fsp3) is 0.383. The Kier molecular flexibility index (Phi) is 17.1. The number of hydrogen-bond acceptors (Lipinski definition) is 12. The Hall–Kier alpha value is -6.77. The third-order valence-corrected chi connectivity index (χ3v) is 8.86. The zero-order chi connectivity index (χ0) is 45.5. The van der Waals surface area contributed by atoms with Crippen molar-refractivity contribution in [3.63, 3.8) is 0 Å². The number of esters is 2. The van der Waals surface area contributed by atoms with Crippen LogP contribution in [0.15, 0.2) is 97.1 Å². The van der Waals surface area contributed by atoms with E-state index in [0.29, 0.717) is 34.1 Å². The summed E-state index contributed by atoms with van der Waals surface area (Å²) in [5, 5.41) is 8.02. The summed E-state index contributed by atoms with van der Waals surface area (Å²) in [6.07, 6.45) is -1.39. The number of methoxy groups -OCH3 is 3. The highest BCUT2D eigenvalue weighted by molar-refractivity contribution is 5.90. The molecule has 0 spiro atoms. The molecule has 4 rings (SSSR count). The minimum absolute atomic E-state index is 0.0180. The lowest BCUT2D eigenvalue weighted by Crippen LogP contribution is -2.53. The second-order valence-electron chi connectivity index (χ2n) is 16.3. The van der Waals surface area contributed by atoms with E-state index in [1.165, 1.54) is 14.2 Å². The minimum atomic E-state index is -1.11. The van der Waals surface area contributed by atoms with Crippen LogP contribution in [0.4, 0.5) is 9.59 Å². The van der Waals surface area contributed by atoms with Crippen LogP contribution in [0.25, 0.3) is 0 Å². The smallest absolute Gasteiger partial charge is 0.408 e. The van der Waals surface area contributed by atoms with Crippen LogP contribution in [0, 0.1) is 0 Å². The van der Waals surface area contributed by atoms with Gasteiger partial charge in [0.15, 0.2) is 11.5 Å². The molecule has 62 heavy (non-hydrogen) atoms. The van der Waals surface area contributed by atoms with Crippen LogP contribution in [-0.2, 0) is 59.2 Å². The van der Waals surface area contributed by atoms with Crippen LogP contribution in [0.5, 0.6) is 23.0 Å². The maximum atomic E-state index is 13.7. The molecule has 3 amide bonds. The van der Waals surface area contributed by atoms with Crippen molar-refractivity contribution >= 4 is 30.0 Å². The van der Waals surface area contributed by atoms with Crippen molar-refractivity contribution in [3.05, 3.63) is 119 Å². The van der Waals surface area contributed by atoms with E-state index >= 15 is 0 Å². The van der Waals surface area contributed by atoms with E-state index in [1.807, 2.05) is 30.3 Å². The first-order valence-electron chi connectivity index (χ1n) is 20.0. The summed E-state index contributed by atoms with van der Waals surface area (Å²) in [6, 6.07) is 24.8. The Labute approximate surface area is 362 Å². The number of ether oxygens (including phenoxy) is 7. The first-order chi connectivity index (χ1) is 29.3. The van der Waals surface area contributed by atoms with Gasteiger partial charge < -0.3 is 49.1 Å². The number of benzene rings is 4. The molecule has 15 heteroatoms. The summed E-state index contributed by atoms with van der Waals surface area (Å²) in [6.45, 7) is 10.4. The quantitative estimate of drug-likeness (QED) is 0.0688. The van der Waals surface area contributed by atoms with Crippen LogP contribution in [0.2, 0.25) is 0 Å². The molecule has 0 aromatic heterocycles. The average Bonchev–Trinajstić information content (AvgIpc) is 3.22. The summed E-state index contributed by atoms with van der Waals surface area (Å²) in [5.41, 5.74) is 1.18. The molecule has 0 unspecified atom stereocenters. The van der Waals surface area contributed by atoms with E-state index in [1.54, 1.807) is 115 Å². The number of nitrogens with one attached hydrogen (secondary N) is 3. The molecule has 332 valence electrons. The van der Waals surface area contributed by atoms with E-state index in [0.717, 1.165) is 11.1 Å². The van der Waals surface area contributed by atoms with Gasteiger partial charge in [0.05, 0.1) is 21.3 Å². The van der Waals surface area contributed by atoms with Gasteiger partial charge in [-0.1, -0.05) is 60.7 Å². The van der Waals surface area contributed by atoms with Crippen LogP contribution >= 0.6 is 0 Å². The first-order valence-corrected chi connectivity index (χ1v) is 20.0. The Bertz CT molecular complexity index is 2110. The molecule has 4 aromatic carbocycles. The third kappa shape index (κ3) is 16.0. The molecule has 3 N–H and O–H groups in total. The predicted octanol–water partition coefficient (Wildman–Crippen LogP) is 7.01. The maximum absolute atomic E-state index is 13.7. The normalized spacial score (nSPS) is 12.7. The van der Waals surface area contributed by atoms with Crippen molar-refractivity contribution in [3.8, 4) is 23.0 Å². The van der Waals surface area contributed by atoms with Gasteiger partial charge in [0, 0.05) is 19.3 Å². The molecule has 0 aliphatic heterocycles. The zero-order valence-corrected chi connectivity index (χ0v) is 36.7. The van der Waals surface area contributed by atoms with E-state index in [2.05, 4.69) is 16.0 Å². The maximum Gasteiger partial charge on any atom is 0.408 e. The summed E-state index contributed by atoms with van der Waals surface area (Å²) in [5.74, 6) is -0.188. The molecule has 15 nitrogen and oxygen atoms in total. The van der Waals surface area contributed by atoms with E-state index in [9.17, 15) is 24.0 Å². The van der Waals surface area contributed by atoms with Crippen molar-refractivity contribution < 1.29 is 57.1 Å². The van der Waals surface area contributed by atoms with Crippen molar-refractivity contribution in [2.24, 2.45) is 0 Å². The summed E-state index contributed by atoms with van der Waals surface area (Å²) < 4.78 is 38.5. The van der Waals surface area contributed by atoms with E-state index < -0.39 is 59.4 Å². The molecule has 0 bridgehead atoms. The number of alkyl carbamates (subject to hydrolysis) is 2. The second-order valence-corrected chi connectivity index (χ2v) is 16.3.